The molecule has 32 heavy (non-hydrogen) atoms. The van der Waals surface area contributed by atoms with Gasteiger partial charge in [0.25, 0.3) is 5.91 Å². The van der Waals surface area contributed by atoms with E-state index in [0.717, 1.165) is 0 Å². The zero-order chi connectivity index (χ0) is 22.3. The predicted octanol–water partition coefficient (Wildman–Crippen LogP) is 4.06. The first-order valence-corrected chi connectivity index (χ1v) is 9.87. The summed E-state index contributed by atoms with van der Waals surface area (Å²) in [4.78, 5) is 28.9. The van der Waals surface area contributed by atoms with E-state index in [4.69, 9.17) is 14.2 Å². The Hall–Kier alpha value is -4.39. The van der Waals surface area contributed by atoms with Crippen molar-refractivity contribution in [3.63, 3.8) is 0 Å². The predicted molar refractivity (Wildman–Crippen MR) is 121 cm³/mol. The summed E-state index contributed by atoms with van der Waals surface area (Å²) in [5.41, 5.74) is 2.01. The van der Waals surface area contributed by atoms with Crippen LogP contribution in [-0.2, 0) is 14.3 Å². The van der Waals surface area contributed by atoms with Gasteiger partial charge in [-0.1, -0.05) is 48.5 Å². The molecule has 0 spiro atoms. The highest BCUT2D eigenvalue weighted by Gasteiger charge is 2.24. The highest BCUT2D eigenvalue weighted by atomic mass is 16.6. The molecule has 0 fully saturated rings. The summed E-state index contributed by atoms with van der Waals surface area (Å²) in [6.45, 7) is -0.221. The van der Waals surface area contributed by atoms with Gasteiger partial charge in [-0.15, -0.1) is 0 Å². The Morgan fingerprint density at radius 2 is 1.66 bits per heavy atom. The molecule has 3 aromatic rings. The molecule has 0 atom stereocenters. The van der Waals surface area contributed by atoms with Gasteiger partial charge in [0.05, 0.1) is 12.8 Å². The molecule has 7 heteroatoms. The van der Waals surface area contributed by atoms with Crippen LogP contribution in [-0.4, -0.2) is 31.5 Å². The fourth-order valence-electron chi connectivity index (χ4n) is 3.07. The molecule has 0 saturated carbocycles. The quantitative estimate of drug-likeness (QED) is 0.453. The summed E-state index contributed by atoms with van der Waals surface area (Å²) in [5, 5.41) is 2.75. The molecular formula is C25H20N2O5. The van der Waals surface area contributed by atoms with Gasteiger partial charge in [-0.3, -0.25) is 4.79 Å². The smallest absolute Gasteiger partial charge is 0.363 e. The molecule has 1 amide bonds. The summed E-state index contributed by atoms with van der Waals surface area (Å²) in [5.74, 6) is 0.342. The van der Waals surface area contributed by atoms with E-state index in [2.05, 4.69) is 10.3 Å². The van der Waals surface area contributed by atoms with Crippen molar-refractivity contribution in [2.45, 2.75) is 0 Å². The van der Waals surface area contributed by atoms with Gasteiger partial charge in [0.15, 0.2) is 12.3 Å². The summed E-state index contributed by atoms with van der Waals surface area (Å²) < 4.78 is 16.2. The van der Waals surface area contributed by atoms with Gasteiger partial charge in [-0.2, -0.15) is 0 Å². The van der Waals surface area contributed by atoms with Crippen molar-refractivity contribution < 1.29 is 23.8 Å². The molecule has 1 heterocycles. The third kappa shape index (κ3) is 4.84. The number of cyclic esters (lactones) is 1. The second-order valence-corrected chi connectivity index (χ2v) is 6.78. The lowest BCUT2D eigenvalue weighted by Crippen LogP contribution is -2.20. The van der Waals surface area contributed by atoms with Crippen LogP contribution in [0.3, 0.4) is 0 Å². The molecule has 7 nitrogen and oxygen atoms in total. The van der Waals surface area contributed by atoms with Crippen LogP contribution in [0.1, 0.15) is 11.1 Å². The molecule has 0 radical (unpaired) electrons. The van der Waals surface area contributed by atoms with Gasteiger partial charge in [-0.25, -0.2) is 9.79 Å². The maximum atomic E-state index is 12.4. The average Bonchev–Trinajstić information content (AvgIpc) is 3.19. The second-order valence-electron chi connectivity index (χ2n) is 6.78. The third-order valence-electron chi connectivity index (χ3n) is 4.59. The number of esters is 1. The number of nitrogens with one attached hydrogen (secondary N) is 1. The van der Waals surface area contributed by atoms with Crippen molar-refractivity contribution in [3.8, 4) is 11.5 Å². The van der Waals surface area contributed by atoms with Crippen molar-refractivity contribution in [2.24, 2.45) is 4.99 Å². The van der Waals surface area contributed by atoms with Crippen molar-refractivity contribution in [1.29, 1.82) is 0 Å². The first kappa shape index (κ1) is 20.9. The number of aliphatic imine (C=N–C) groups is 1. The molecule has 0 saturated heterocycles. The molecule has 1 aliphatic heterocycles. The number of benzene rings is 3. The lowest BCUT2D eigenvalue weighted by molar-refractivity contribution is -0.130. The van der Waals surface area contributed by atoms with Crippen molar-refractivity contribution in [2.75, 3.05) is 19.0 Å². The van der Waals surface area contributed by atoms with Crippen molar-refractivity contribution in [3.05, 3.63) is 95.7 Å². The molecule has 0 unspecified atom stereocenters. The third-order valence-corrected chi connectivity index (χ3v) is 4.59. The zero-order valence-electron chi connectivity index (χ0n) is 17.3. The number of carbonyl (C=O) groups excluding carboxylic acids is 2. The Morgan fingerprint density at radius 1 is 0.969 bits per heavy atom. The molecule has 0 aromatic heterocycles. The van der Waals surface area contributed by atoms with Crippen LogP contribution in [0, 0.1) is 0 Å². The Labute approximate surface area is 185 Å². The van der Waals surface area contributed by atoms with E-state index in [1.54, 1.807) is 48.5 Å². The minimum Gasteiger partial charge on any atom is -0.495 e. The highest BCUT2D eigenvalue weighted by Crippen LogP contribution is 2.26. The highest BCUT2D eigenvalue weighted by molar-refractivity contribution is 6.12. The Morgan fingerprint density at radius 3 is 2.44 bits per heavy atom. The molecule has 1 aliphatic rings. The number of carbonyl (C=O) groups is 2. The molecule has 160 valence electrons. The maximum absolute atomic E-state index is 12.4. The van der Waals surface area contributed by atoms with Crippen LogP contribution in [0.25, 0.3) is 6.08 Å². The number of anilines is 1. The number of nitrogens with zero attached hydrogens (tertiary/aromatic N) is 1. The van der Waals surface area contributed by atoms with Crippen LogP contribution in [0.5, 0.6) is 11.5 Å². The van der Waals surface area contributed by atoms with Crippen LogP contribution in [0.2, 0.25) is 0 Å². The summed E-state index contributed by atoms with van der Waals surface area (Å²) in [7, 11) is 1.53. The zero-order valence-corrected chi connectivity index (χ0v) is 17.3. The molecule has 1 N–H and O–H groups in total. The van der Waals surface area contributed by atoms with Crippen molar-refractivity contribution >= 4 is 29.5 Å². The summed E-state index contributed by atoms with van der Waals surface area (Å²) in [6.07, 6.45) is 1.58. The number of methoxy groups -OCH3 is 1. The van der Waals surface area contributed by atoms with Crippen LogP contribution < -0.4 is 14.8 Å². The standard InChI is InChI=1S/C25H20N2O5/c1-30-22-14-8-6-12-19(22)26-23(28)16-31-21-13-7-5-11-18(21)15-20-25(29)32-24(27-20)17-9-3-2-4-10-17/h2-15H,16H2,1H3,(H,26,28)/b20-15-. The van der Waals surface area contributed by atoms with Gasteiger partial charge in [0.2, 0.25) is 5.90 Å². The summed E-state index contributed by atoms with van der Waals surface area (Å²) >= 11 is 0. The van der Waals surface area contributed by atoms with E-state index in [1.807, 2.05) is 36.4 Å². The largest absolute Gasteiger partial charge is 0.495 e. The van der Waals surface area contributed by atoms with Crippen LogP contribution >= 0.6 is 0 Å². The maximum Gasteiger partial charge on any atom is 0.363 e. The first-order valence-electron chi connectivity index (χ1n) is 9.87. The van der Waals surface area contributed by atoms with Gasteiger partial charge in [0.1, 0.15) is 11.5 Å². The SMILES string of the molecule is COc1ccccc1NC(=O)COc1ccccc1/C=C1\N=C(c2ccccc2)OC1=O. The Balaban J connectivity index is 1.48. The topological polar surface area (TPSA) is 86.2 Å². The van der Waals surface area contributed by atoms with Gasteiger partial charge in [-0.05, 0) is 36.4 Å². The Bertz CT molecular complexity index is 1200. The van der Waals surface area contributed by atoms with E-state index >= 15 is 0 Å². The molecule has 4 rings (SSSR count). The molecule has 3 aromatic carbocycles. The van der Waals surface area contributed by atoms with E-state index in [1.165, 1.54) is 7.11 Å². The lowest BCUT2D eigenvalue weighted by atomic mass is 10.1. The number of amides is 1. The molecule has 0 aliphatic carbocycles. The van der Waals surface area contributed by atoms with E-state index in [-0.39, 0.29) is 24.1 Å². The number of hydrogen-bond donors (Lipinski definition) is 1. The fourth-order valence-corrected chi connectivity index (χ4v) is 3.07. The van der Waals surface area contributed by atoms with E-state index in [9.17, 15) is 9.59 Å². The van der Waals surface area contributed by atoms with Crippen LogP contribution in [0.4, 0.5) is 5.69 Å². The average molecular weight is 428 g/mol. The minimum absolute atomic E-state index is 0.151. The van der Waals surface area contributed by atoms with Crippen LogP contribution in [0.15, 0.2) is 89.6 Å². The van der Waals surface area contributed by atoms with E-state index < -0.39 is 5.97 Å². The Kier molecular flexibility index (Phi) is 6.27. The second kappa shape index (κ2) is 9.61. The summed E-state index contributed by atoms with van der Waals surface area (Å²) in [6, 6.07) is 23.3. The van der Waals surface area contributed by atoms with E-state index in [0.29, 0.717) is 28.3 Å². The first-order chi connectivity index (χ1) is 15.6. The minimum atomic E-state index is -0.549. The van der Waals surface area contributed by atoms with Gasteiger partial charge in [0, 0.05) is 11.1 Å². The normalized spacial score (nSPS) is 14.0. The fraction of sp³-hybridized carbons (Fsp3) is 0.0800. The molecular weight excluding hydrogens is 408 g/mol. The number of para-hydroxylation sites is 3. The number of hydrogen-bond acceptors (Lipinski definition) is 6. The number of rotatable bonds is 7. The molecule has 0 bridgehead atoms. The van der Waals surface area contributed by atoms with Gasteiger partial charge >= 0.3 is 5.97 Å². The number of ether oxygens (including phenoxy) is 3. The van der Waals surface area contributed by atoms with Crippen molar-refractivity contribution in [1.82, 2.24) is 0 Å². The monoisotopic (exact) mass is 428 g/mol. The van der Waals surface area contributed by atoms with Gasteiger partial charge < -0.3 is 19.5 Å². The lowest BCUT2D eigenvalue weighted by Gasteiger charge is -2.11.